The van der Waals surface area contributed by atoms with Crippen molar-refractivity contribution in [3.63, 3.8) is 0 Å². The molecule has 0 aromatic carbocycles. The van der Waals surface area contributed by atoms with Crippen LogP contribution in [-0.2, 0) is 6.54 Å². The number of pyridine rings is 2. The second kappa shape index (κ2) is 7.17. The SMILES string of the molecule is NCCCN(Cc1cccnc1)c1ncc(Cl)cc1F. The number of aromatic nitrogens is 2. The predicted molar refractivity (Wildman–Crippen MR) is 78.2 cm³/mol. The van der Waals surface area contributed by atoms with E-state index in [9.17, 15) is 4.39 Å². The Morgan fingerprint density at radius 2 is 2.20 bits per heavy atom. The Kier molecular flexibility index (Phi) is 5.26. The third-order valence-corrected chi connectivity index (χ3v) is 3.02. The summed E-state index contributed by atoms with van der Waals surface area (Å²) in [5.74, 6) is -0.148. The van der Waals surface area contributed by atoms with Crippen LogP contribution in [0.3, 0.4) is 0 Å². The molecule has 0 amide bonds. The summed E-state index contributed by atoms with van der Waals surface area (Å²) in [7, 11) is 0. The molecule has 2 heterocycles. The Labute approximate surface area is 122 Å². The molecule has 20 heavy (non-hydrogen) atoms. The third-order valence-electron chi connectivity index (χ3n) is 2.82. The lowest BCUT2D eigenvalue weighted by molar-refractivity contribution is 0.603. The Hall–Kier alpha value is -1.72. The lowest BCUT2D eigenvalue weighted by Gasteiger charge is -2.24. The standard InChI is InChI=1S/C14H16ClFN4/c15-12-7-13(16)14(19-9-12)20(6-2-4-17)10-11-3-1-5-18-8-11/h1,3,5,7-9H,2,4,6,10,17H2. The van der Waals surface area contributed by atoms with Gasteiger partial charge in [-0.1, -0.05) is 17.7 Å². The summed E-state index contributed by atoms with van der Waals surface area (Å²) in [5.41, 5.74) is 6.52. The molecule has 0 aliphatic rings. The van der Waals surface area contributed by atoms with Crippen LogP contribution in [-0.4, -0.2) is 23.1 Å². The van der Waals surface area contributed by atoms with Gasteiger partial charge in [-0.25, -0.2) is 9.37 Å². The molecule has 0 unspecified atom stereocenters. The first-order chi connectivity index (χ1) is 9.70. The highest BCUT2D eigenvalue weighted by Gasteiger charge is 2.14. The van der Waals surface area contributed by atoms with Crippen LogP contribution in [0, 0.1) is 5.82 Å². The molecule has 0 bridgehead atoms. The van der Waals surface area contributed by atoms with Gasteiger partial charge >= 0.3 is 0 Å². The molecule has 6 heteroatoms. The van der Waals surface area contributed by atoms with Crippen molar-refractivity contribution in [2.45, 2.75) is 13.0 Å². The molecule has 0 radical (unpaired) electrons. The number of nitrogens with two attached hydrogens (primary N) is 1. The zero-order chi connectivity index (χ0) is 14.4. The molecule has 0 aliphatic heterocycles. The predicted octanol–water partition coefficient (Wildman–Crippen LogP) is 2.62. The Morgan fingerprint density at radius 1 is 1.35 bits per heavy atom. The van der Waals surface area contributed by atoms with E-state index >= 15 is 0 Å². The summed E-state index contributed by atoms with van der Waals surface area (Å²) in [6, 6.07) is 5.06. The fraction of sp³-hybridized carbons (Fsp3) is 0.286. The molecule has 106 valence electrons. The highest BCUT2D eigenvalue weighted by molar-refractivity contribution is 6.30. The number of halogens is 2. The monoisotopic (exact) mass is 294 g/mol. The normalized spacial score (nSPS) is 10.6. The number of rotatable bonds is 6. The smallest absolute Gasteiger partial charge is 0.167 e. The molecule has 0 fully saturated rings. The van der Waals surface area contributed by atoms with Crippen molar-refractivity contribution in [1.29, 1.82) is 0 Å². The van der Waals surface area contributed by atoms with Crippen LogP contribution in [0.1, 0.15) is 12.0 Å². The summed E-state index contributed by atoms with van der Waals surface area (Å²) in [6.45, 7) is 1.69. The molecule has 0 saturated carbocycles. The Balaban J connectivity index is 2.22. The molecule has 0 saturated heterocycles. The van der Waals surface area contributed by atoms with Crippen LogP contribution in [0.5, 0.6) is 0 Å². The van der Waals surface area contributed by atoms with Gasteiger partial charge < -0.3 is 10.6 Å². The van der Waals surface area contributed by atoms with E-state index in [1.165, 1.54) is 12.3 Å². The van der Waals surface area contributed by atoms with Gasteiger partial charge in [-0.2, -0.15) is 0 Å². The summed E-state index contributed by atoms with van der Waals surface area (Å²) in [4.78, 5) is 9.99. The van der Waals surface area contributed by atoms with Gasteiger partial charge in [0.05, 0.1) is 5.02 Å². The van der Waals surface area contributed by atoms with Crippen LogP contribution in [0.25, 0.3) is 0 Å². The van der Waals surface area contributed by atoms with Crippen molar-refractivity contribution in [2.75, 3.05) is 18.0 Å². The largest absolute Gasteiger partial charge is 0.350 e. The zero-order valence-corrected chi connectivity index (χ0v) is 11.7. The van der Waals surface area contributed by atoms with E-state index in [4.69, 9.17) is 17.3 Å². The minimum atomic E-state index is -0.432. The van der Waals surface area contributed by atoms with Crippen LogP contribution in [0.2, 0.25) is 5.02 Å². The highest BCUT2D eigenvalue weighted by atomic mass is 35.5. The first kappa shape index (κ1) is 14.7. The van der Waals surface area contributed by atoms with E-state index in [0.29, 0.717) is 19.6 Å². The molecule has 0 aliphatic carbocycles. The first-order valence-electron chi connectivity index (χ1n) is 6.35. The van der Waals surface area contributed by atoms with E-state index in [1.54, 1.807) is 12.4 Å². The Bertz CT molecular complexity index is 550. The average molecular weight is 295 g/mol. The van der Waals surface area contributed by atoms with Crippen LogP contribution >= 0.6 is 11.6 Å². The summed E-state index contributed by atoms with van der Waals surface area (Å²) in [5, 5.41) is 0.284. The van der Waals surface area contributed by atoms with Crippen LogP contribution in [0.4, 0.5) is 10.2 Å². The summed E-state index contributed by atoms with van der Waals surface area (Å²) < 4.78 is 14.0. The quantitative estimate of drug-likeness (QED) is 0.890. The van der Waals surface area contributed by atoms with Gasteiger partial charge in [-0.3, -0.25) is 4.98 Å². The molecular weight excluding hydrogens is 279 g/mol. The van der Waals surface area contributed by atoms with Gasteiger partial charge in [0.1, 0.15) is 0 Å². The van der Waals surface area contributed by atoms with Crippen molar-refractivity contribution in [1.82, 2.24) is 9.97 Å². The highest BCUT2D eigenvalue weighted by Crippen LogP contribution is 2.21. The van der Waals surface area contributed by atoms with Gasteiger partial charge in [-0.15, -0.1) is 0 Å². The molecule has 0 atom stereocenters. The maximum absolute atomic E-state index is 14.0. The lowest BCUT2D eigenvalue weighted by Crippen LogP contribution is -2.27. The molecule has 0 spiro atoms. The molecule has 2 N–H and O–H groups in total. The molecule has 4 nitrogen and oxygen atoms in total. The maximum atomic E-state index is 14.0. The van der Waals surface area contributed by atoms with Gasteiger partial charge in [0, 0.05) is 31.7 Å². The van der Waals surface area contributed by atoms with E-state index in [0.717, 1.165) is 12.0 Å². The first-order valence-corrected chi connectivity index (χ1v) is 6.73. The summed E-state index contributed by atoms with van der Waals surface area (Å²) >= 11 is 5.74. The minimum absolute atomic E-state index is 0.284. The van der Waals surface area contributed by atoms with E-state index in [-0.39, 0.29) is 10.8 Å². The lowest BCUT2D eigenvalue weighted by atomic mass is 10.2. The second-order valence-corrected chi connectivity index (χ2v) is 4.82. The van der Waals surface area contributed by atoms with Crippen molar-refractivity contribution in [3.05, 3.63) is 53.2 Å². The third kappa shape index (κ3) is 3.88. The van der Waals surface area contributed by atoms with Gasteiger partial charge in [0.25, 0.3) is 0 Å². The number of anilines is 1. The number of nitrogens with zero attached hydrogens (tertiary/aromatic N) is 3. The topological polar surface area (TPSA) is 55.0 Å². The minimum Gasteiger partial charge on any atom is -0.350 e. The molecular formula is C14H16ClFN4. The number of hydrogen-bond donors (Lipinski definition) is 1. The van der Waals surface area contributed by atoms with Crippen molar-refractivity contribution in [3.8, 4) is 0 Å². The average Bonchev–Trinajstić information content (AvgIpc) is 2.45. The molecule has 2 aromatic rings. The Morgan fingerprint density at radius 3 is 2.85 bits per heavy atom. The van der Waals surface area contributed by atoms with Gasteiger partial charge in [0.2, 0.25) is 0 Å². The van der Waals surface area contributed by atoms with Crippen LogP contribution in [0.15, 0.2) is 36.8 Å². The van der Waals surface area contributed by atoms with Crippen molar-refractivity contribution >= 4 is 17.4 Å². The summed E-state index contributed by atoms with van der Waals surface area (Å²) in [6.07, 6.45) is 5.65. The van der Waals surface area contributed by atoms with Crippen LogP contribution < -0.4 is 10.6 Å². The van der Waals surface area contributed by atoms with E-state index in [2.05, 4.69) is 9.97 Å². The fourth-order valence-corrected chi connectivity index (χ4v) is 2.04. The van der Waals surface area contributed by atoms with Crippen molar-refractivity contribution in [2.24, 2.45) is 5.73 Å². The molecule has 2 aromatic heterocycles. The second-order valence-electron chi connectivity index (χ2n) is 4.38. The zero-order valence-electron chi connectivity index (χ0n) is 11.0. The van der Waals surface area contributed by atoms with Crippen molar-refractivity contribution < 1.29 is 4.39 Å². The molecule has 2 rings (SSSR count). The maximum Gasteiger partial charge on any atom is 0.167 e. The van der Waals surface area contributed by atoms with E-state index in [1.807, 2.05) is 17.0 Å². The van der Waals surface area contributed by atoms with Gasteiger partial charge in [0.15, 0.2) is 11.6 Å². The van der Waals surface area contributed by atoms with Gasteiger partial charge in [-0.05, 0) is 30.7 Å². The van der Waals surface area contributed by atoms with E-state index < -0.39 is 5.82 Å². The number of hydrogen-bond acceptors (Lipinski definition) is 4. The fourth-order valence-electron chi connectivity index (χ4n) is 1.89.